The van der Waals surface area contributed by atoms with Crippen LogP contribution >= 0.6 is 0 Å². The summed E-state index contributed by atoms with van der Waals surface area (Å²) in [7, 11) is -2.86. The number of anilines is 3. The first-order valence-corrected chi connectivity index (χ1v) is 22.9. The number of fused-ring (bicyclic) bond motifs is 11. The van der Waals surface area contributed by atoms with E-state index in [0.717, 1.165) is 0 Å². The van der Waals surface area contributed by atoms with E-state index < -0.39 is 8.07 Å². The number of rotatable bonds is 3. The number of benzene rings is 9. The van der Waals surface area contributed by atoms with Gasteiger partial charge in [0.2, 0.25) is 0 Å². The fourth-order valence-electron chi connectivity index (χ4n) is 11.9. The molecule has 3 aliphatic rings. The van der Waals surface area contributed by atoms with Crippen LogP contribution in [0.15, 0.2) is 182 Å². The molecule has 0 fully saturated rings. The molecule has 59 heavy (non-hydrogen) atoms. The quantitative estimate of drug-likeness (QED) is 0.163. The Morgan fingerprint density at radius 3 is 1.90 bits per heavy atom. The highest BCUT2D eigenvalue weighted by molar-refractivity contribution is 7.21. The standard InChI is InChI=1S/C55H39BN2Si/c1-34-30-35(2)51(36(3)31-34)38-32-45-43-23-14-22-42-44-29-28-37-16-10-11-21-41(37)53(44)58(54(42)43)56-46-24-15-27-50-55(46)57(48(33-38)52(45)56)47-25-12-13-26-49(47)59(50,39-17-6-4-7-18-39)40-19-8-5-9-20-40/h4-33H,1-3H3. The van der Waals surface area contributed by atoms with Crippen LogP contribution in [0.5, 0.6) is 0 Å². The van der Waals surface area contributed by atoms with Gasteiger partial charge in [-0.2, -0.15) is 0 Å². The van der Waals surface area contributed by atoms with Gasteiger partial charge in [0, 0.05) is 49.8 Å². The summed E-state index contributed by atoms with van der Waals surface area (Å²) in [4.78, 5) is 2.68. The molecule has 0 unspecified atom stereocenters. The molecule has 9 aromatic carbocycles. The molecule has 0 radical (unpaired) electrons. The van der Waals surface area contributed by atoms with Gasteiger partial charge in [0.15, 0.2) is 8.07 Å². The van der Waals surface area contributed by atoms with Gasteiger partial charge in [-0.15, -0.1) is 0 Å². The number of nitrogens with zero attached hydrogens (tertiary/aromatic N) is 2. The summed E-state index contributed by atoms with van der Waals surface area (Å²) in [5.41, 5.74) is 18.5. The van der Waals surface area contributed by atoms with Crippen molar-refractivity contribution < 1.29 is 0 Å². The molecule has 4 heteroatoms. The molecule has 10 aromatic rings. The van der Waals surface area contributed by atoms with Crippen molar-refractivity contribution in [1.29, 1.82) is 0 Å². The molecule has 0 atom stereocenters. The lowest BCUT2D eigenvalue weighted by atomic mass is 9.45. The van der Waals surface area contributed by atoms with Gasteiger partial charge in [-0.1, -0.05) is 169 Å². The van der Waals surface area contributed by atoms with Crippen molar-refractivity contribution in [2.24, 2.45) is 0 Å². The van der Waals surface area contributed by atoms with E-state index in [1.54, 1.807) is 0 Å². The van der Waals surface area contributed by atoms with E-state index in [4.69, 9.17) is 0 Å². The summed E-state index contributed by atoms with van der Waals surface area (Å²) >= 11 is 0. The first kappa shape index (κ1) is 33.1. The van der Waals surface area contributed by atoms with E-state index in [9.17, 15) is 0 Å². The Bertz CT molecular complexity index is 3380. The topological polar surface area (TPSA) is 8.17 Å². The van der Waals surface area contributed by atoms with Crippen molar-refractivity contribution >= 4 is 96.2 Å². The number of aromatic nitrogens is 1. The molecule has 4 heterocycles. The largest absolute Gasteiger partial charge is 0.375 e. The number of aryl methyl sites for hydroxylation is 3. The summed E-state index contributed by atoms with van der Waals surface area (Å²) < 4.78 is 2.75. The maximum Gasteiger partial charge on any atom is 0.333 e. The van der Waals surface area contributed by atoms with Crippen LogP contribution in [0.4, 0.5) is 17.1 Å². The van der Waals surface area contributed by atoms with Gasteiger partial charge in [0.1, 0.15) is 0 Å². The third-order valence-corrected chi connectivity index (χ3v) is 18.7. The zero-order valence-corrected chi connectivity index (χ0v) is 34.3. The van der Waals surface area contributed by atoms with E-state index >= 15 is 0 Å². The Hall–Kier alpha value is -6.88. The number of para-hydroxylation sites is 3. The van der Waals surface area contributed by atoms with Crippen LogP contribution in [0, 0.1) is 20.8 Å². The maximum atomic E-state index is 2.75. The third-order valence-electron chi connectivity index (χ3n) is 13.8. The molecule has 0 saturated carbocycles. The van der Waals surface area contributed by atoms with Gasteiger partial charge in [0.05, 0.1) is 0 Å². The fraction of sp³-hybridized carbons (Fsp3) is 0.0545. The predicted molar refractivity (Wildman–Crippen MR) is 254 cm³/mol. The Balaban J connectivity index is 1.25. The molecule has 0 spiro atoms. The summed E-state index contributed by atoms with van der Waals surface area (Å²) in [5, 5.41) is 10.9. The Labute approximate surface area is 345 Å². The van der Waals surface area contributed by atoms with Crippen LogP contribution in [0.25, 0.3) is 54.8 Å². The van der Waals surface area contributed by atoms with Crippen LogP contribution < -0.4 is 36.6 Å². The molecule has 276 valence electrons. The van der Waals surface area contributed by atoms with E-state index in [1.807, 2.05) is 0 Å². The van der Waals surface area contributed by atoms with Gasteiger partial charge in [-0.05, 0) is 104 Å². The molecule has 0 bridgehead atoms. The van der Waals surface area contributed by atoms with E-state index in [-0.39, 0.29) is 6.85 Å². The Morgan fingerprint density at radius 2 is 1.12 bits per heavy atom. The molecule has 2 nitrogen and oxygen atoms in total. The summed E-state index contributed by atoms with van der Waals surface area (Å²) in [5.74, 6) is 0. The second-order valence-electron chi connectivity index (χ2n) is 17.0. The molecule has 0 N–H and O–H groups in total. The zero-order chi connectivity index (χ0) is 39.1. The van der Waals surface area contributed by atoms with E-state index in [1.165, 1.54) is 120 Å². The van der Waals surface area contributed by atoms with Gasteiger partial charge < -0.3 is 9.38 Å². The molecular formula is C55H39BN2Si. The molecular weight excluding hydrogens is 728 g/mol. The van der Waals surface area contributed by atoms with Crippen LogP contribution in [0.2, 0.25) is 0 Å². The zero-order valence-electron chi connectivity index (χ0n) is 33.3. The summed E-state index contributed by atoms with van der Waals surface area (Å²) in [6.45, 7) is 6.75. The van der Waals surface area contributed by atoms with Crippen molar-refractivity contribution in [2.75, 3.05) is 4.90 Å². The lowest BCUT2D eigenvalue weighted by Gasteiger charge is -2.49. The molecule has 0 aliphatic carbocycles. The normalized spacial score (nSPS) is 14.1. The predicted octanol–water partition coefficient (Wildman–Crippen LogP) is 9.65. The van der Waals surface area contributed by atoms with Crippen LogP contribution in [-0.4, -0.2) is 19.4 Å². The van der Waals surface area contributed by atoms with Crippen LogP contribution in [0.1, 0.15) is 16.7 Å². The second kappa shape index (κ2) is 11.8. The molecule has 0 saturated heterocycles. The first-order chi connectivity index (χ1) is 29.0. The summed E-state index contributed by atoms with van der Waals surface area (Å²) in [6, 6.07) is 70.0. The van der Waals surface area contributed by atoms with Crippen molar-refractivity contribution in [2.45, 2.75) is 20.8 Å². The fourth-order valence-corrected chi connectivity index (χ4v) is 17.0. The highest BCUT2D eigenvalue weighted by atomic mass is 28.3. The van der Waals surface area contributed by atoms with Crippen molar-refractivity contribution in [3.63, 3.8) is 0 Å². The van der Waals surface area contributed by atoms with Crippen molar-refractivity contribution in [1.82, 2.24) is 4.48 Å². The minimum Gasteiger partial charge on any atom is -0.375 e. The van der Waals surface area contributed by atoms with E-state index in [2.05, 4.69) is 212 Å². The first-order valence-electron chi connectivity index (χ1n) is 20.9. The monoisotopic (exact) mass is 766 g/mol. The minimum atomic E-state index is -2.86. The SMILES string of the molecule is Cc1cc(C)c(-c2cc3c4c(c2)N2c5ccccc5[Si](c5ccccc5)(c5ccccc5)c5cccc(c52)B4n2c4c-3cccc4c3ccc4ccccc4c32)c(C)c1. The minimum absolute atomic E-state index is 0.0373. The van der Waals surface area contributed by atoms with Crippen LogP contribution in [0.3, 0.4) is 0 Å². The number of hydrogen-bond donors (Lipinski definition) is 0. The van der Waals surface area contributed by atoms with Crippen molar-refractivity contribution in [3.05, 3.63) is 199 Å². The highest BCUT2D eigenvalue weighted by Crippen LogP contribution is 2.49. The second-order valence-corrected chi connectivity index (χ2v) is 20.7. The lowest BCUT2D eigenvalue weighted by molar-refractivity contribution is 1.26. The smallest absolute Gasteiger partial charge is 0.333 e. The highest BCUT2D eigenvalue weighted by Gasteiger charge is 2.53. The summed E-state index contributed by atoms with van der Waals surface area (Å²) in [6.07, 6.45) is 0. The molecule has 3 aliphatic heterocycles. The van der Waals surface area contributed by atoms with Crippen molar-refractivity contribution in [3.8, 4) is 22.3 Å². The third kappa shape index (κ3) is 4.16. The van der Waals surface area contributed by atoms with Gasteiger partial charge in [-0.25, -0.2) is 0 Å². The Morgan fingerprint density at radius 1 is 0.475 bits per heavy atom. The Kier molecular flexibility index (Phi) is 6.65. The van der Waals surface area contributed by atoms with Gasteiger partial charge >= 0.3 is 6.85 Å². The van der Waals surface area contributed by atoms with Gasteiger partial charge in [-0.3, -0.25) is 0 Å². The lowest BCUT2D eigenvalue weighted by Crippen LogP contribution is -2.78. The average Bonchev–Trinajstić information content (AvgIpc) is 3.61. The maximum absolute atomic E-state index is 2.86. The molecule has 1 aromatic heterocycles. The van der Waals surface area contributed by atoms with Gasteiger partial charge in [0.25, 0.3) is 0 Å². The average molecular weight is 767 g/mol. The van der Waals surface area contributed by atoms with E-state index in [0.29, 0.717) is 0 Å². The molecule has 0 amide bonds. The molecule has 13 rings (SSSR count). The number of hydrogen-bond acceptors (Lipinski definition) is 1. The van der Waals surface area contributed by atoms with Crippen LogP contribution in [-0.2, 0) is 0 Å².